The first-order valence-corrected chi connectivity index (χ1v) is 6.96. The van der Waals surface area contributed by atoms with Gasteiger partial charge in [-0.25, -0.2) is 9.97 Å². The van der Waals surface area contributed by atoms with E-state index >= 15 is 0 Å². The number of anilines is 1. The number of hydrogen-bond acceptors (Lipinski definition) is 4. The van der Waals surface area contributed by atoms with Crippen LogP contribution in [-0.2, 0) is 5.54 Å². The van der Waals surface area contributed by atoms with E-state index in [2.05, 4.69) is 47.4 Å². The quantitative estimate of drug-likeness (QED) is 0.737. The van der Waals surface area contributed by atoms with Gasteiger partial charge in [-0.05, 0) is 38.5 Å². The van der Waals surface area contributed by atoms with Crippen molar-refractivity contribution in [2.45, 2.75) is 26.3 Å². The van der Waals surface area contributed by atoms with E-state index in [1.807, 2.05) is 18.6 Å². The van der Waals surface area contributed by atoms with Gasteiger partial charge in [0.2, 0.25) is 0 Å². The Morgan fingerprint density at radius 3 is 2.63 bits per heavy atom. The average Bonchev–Trinajstić information content (AvgIpc) is 2.92. The fourth-order valence-corrected chi connectivity index (χ4v) is 2.80. The number of imidazole rings is 1. The molecule has 0 saturated carbocycles. The monoisotopic (exact) mass is 272 g/mol. The maximum atomic E-state index is 5.70. The van der Waals surface area contributed by atoms with Gasteiger partial charge < -0.3 is 10.3 Å². The first-order chi connectivity index (χ1) is 8.95. The number of rotatable bonds is 1. The lowest BCUT2D eigenvalue weighted by atomic mass is 10.1. The van der Waals surface area contributed by atoms with Gasteiger partial charge >= 0.3 is 0 Å². The Kier molecular flexibility index (Phi) is 2.60. The van der Waals surface area contributed by atoms with Crippen molar-refractivity contribution in [3.8, 4) is 10.4 Å². The molecule has 0 aliphatic rings. The van der Waals surface area contributed by atoms with Gasteiger partial charge in [0, 0.05) is 11.7 Å². The van der Waals surface area contributed by atoms with Crippen LogP contribution < -0.4 is 5.73 Å². The van der Waals surface area contributed by atoms with Crippen molar-refractivity contribution in [3.63, 3.8) is 0 Å². The Hall–Kier alpha value is -1.88. The van der Waals surface area contributed by atoms with E-state index in [1.54, 1.807) is 0 Å². The molecule has 0 radical (unpaired) electrons. The largest absolute Gasteiger partial charge is 0.375 e. The molecule has 2 N–H and O–H groups in total. The van der Waals surface area contributed by atoms with E-state index < -0.39 is 0 Å². The lowest BCUT2D eigenvalue weighted by Gasteiger charge is -2.21. The van der Waals surface area contributed by atoms with Gasteiger partial charge in [0.05, 0.1) is 22.2 Å². The first-order valence-electron chi connectivity index (χ1n) is 6.14. The first kappa shape index (κ1) is 12.2. The number of thiazole rings is 1. The topological polar surface area (TPSA) is 56.7 Å². The molecule has 0 aliphatic heterocycles. The van der Waals surface area contributed by atoms with Gasteiger partial charge in [0.25, 0.3) is 0 Å². The van der Waals surface area contributed by atoms with E-state index in [9.17, 15) is 0 Å². The molecule has 2 aromatic heterocycles. The number of nitrogen functional groups attached to an aromatic ring is 1. The second-order valence-corrected chi connectivity index (χ2v) is 6.61. The molecule has 98 valence electrons. The summed E-state index contributed by atoms with van der Waals surface area (Å²) in [6, 6.07) is 6.26. The molecule has 0 amide bonds. The van der Waals surface area contributed by atoms with Crippen LogP contribution in [0.25, 0.3) is 21.5 Å². The third kappa shape index (κ3) is 2.10. The number of nitrogens with zero attached hydrogens (tertiary/aromatic N) is 3. The molecule has 2 heterocycles. The summed E-state index contributed by atoms with van der Waals surface area (Å²) in [6.45, 7) is 6.52. The Balaban J connectivity index is 2.19. The summed E-state index contributed by atoms with van der Waals surface area (Å²) in [7, 11) is 0. The zero-order valence-electron chi connectivity index (χ0n) is 11.2. The summed E-state index contributed by atoms with van der Waals surface area (Å²) < 4.78 is 2.19. The molecule has 1 aromatic carbocycles. The van der Waals surface area contributed by atoms with Crippen molar-refractivity contribution in [1.29, 1.82) is 0 Å². The summed E-state index contributed by atoms with van der Waals surface area (Å²) in [6.07, 6.45) is 3.72. The van der Waals surface area contributed by atoms with Crippen LogP contribution in [0.3, 0.4) is 0 Å². The van der Waals surface area contributed by atoms with Gasteiger partial charge in [-0.15, -0.1) is 0 Å². The fraction of sp³-hybridized carbons (Fsp3) is 0.286. The van der Waals surface area contributed by atoms with E-state index in [0.717, 1.165) is 21.5 Å². The second kappa shape index (κ2) is 4.06. The summed E-state index contributed by atoms with van der Waals surface area (Å²) in [5, 5.41) is 0.597. The molecule has 19 heavy (non-hydrogen) atoms. The SMILES string of the molecule is CC(C)(C)n1cnc2ccc(-c3cnc(N)s3)cc21. The Labute approximate surface area is 115 Å². The maximum Gasteiger partial charge on any atom is 0.180 e. The van der Waals surface area contributed by atoms with E-state index in [4.69, 9.17) is 5.73 Å². The summed E-state index contributed by atoms with van der Waals surface area (Å²) in [5.41, 5.74) is 8.99. The molecule has 0 atom stereocenters. The van der Waals surface area contributed by atoms with Crippen LogP contribution in [0.2, 0.25) is 0 Å². The third-order valence-corrected chi connectivity index (χ3v) is 3.95. The summed E-state index contributed by atoms with van der Waals surface area (Å²) in [4.78, 5) is 9.64. The Morgan fingerprint density at radius 1 is 1.21 bits per heavy atom. The predicted octanol–water partition coefficient (Wildman–Crippen LogP) is 3.50. The Morgan fingerprint density at radius 2 is 2.00 bits per heavy atom. The van der Waals surface area contributed by atoms with Crippen LogP contribution >= 0.6 is 11.3 Å². The smallest absolute Gasteiger partial charge is 0.180 e. The highest BCUT2D eigenvalue weighted by atomic mass is 32.1. The second-order valence-electron chi connectivity index (χ2n) is 5.55. The normalized spacial score (nSPS) is 12.2. The standard InChI is InChI=1S/C14H16N4S/c1-14(2,3)18-8-17-10-5-4-9(6-11(10)18)12-7-16-13(15)19-12/h4-8H,1-3H3,(H2,15,16). The highest BCUT2D eigenvalue weighted by molar-refractivity contribution is 7.18. The van der Waals surface area contributed by atoms with Crippen LogP contribution in [0, 0.1) is 0 Å². The minimum atomic E-state index is 0.0140. The number of nitrogens with two attached hydrogens (primary N) is 1. The number of fused-ring (bicyclic) bond motifs is 1. The summed E-state index contributed by atoms with van der Waals surface area (Å²) >= 11 is 1.50. The third-order valence-electron chi connectivity index (χ3n) is 3.08. The molecule has 3 aromatic rings. The number of aromatic nitrogens is 3. The van der Waals surface area contributed by atoms with Crippen LogP contribution in [0.15, 0.2) is 30.7 Å². The molecular weight excluding hydrogens is 256 g/mol. The molecule has 0 aliphatic carbocycles. The van der Waals surface area contributed by atoms with Crippen LogP contribution in [0.5, 0.6) is 0 Å². The minimum Gasteiger partial charge on any atom is -0.375 e. The van der Waals surface area contributed by atoms with Gasteiger partial charge in [0.1, 0.15) is 0 Å². The van der Waals surface area contributed by atoms with Crippen LogP contribution in [0.1, 0.15) is 20.8 Å². The molecule has 0 saturated heterocycles. The maximum absolute atomic E-state index is 5.70. The van der Waals surface area contributed by atoms with E-state index in [1.165, 1.54) is 11.3 Å². The van der Waals surface area contributed by atoms with Crippen molar-refractivity contribution >= 4 is 27.5 Å². The van der Waals surface area contributed by atoms with Gasteiger partial charge in [-0.3, -0.25) is 0 Å². The van der Waals surface area contributed by atoms with Gasteiger partial charge in [-0.2, -0.15) is 0 Å². The molecule has 0 unspecified atom stereocenters. The summed E-state index contributed by atoms with van der Waals surface area (Å²) in [5.74, 6) is 0. The zero-order valence-corrected chi connectivity index (χ0v) is 12.0. The van der Waals surface area contributed by atoms with Crippen LogP contribution in [0.4, 0.5) is 5.13 Å². The van der Waals surface area contributed by atoms with E-state index in [0.29, 0.717) is 5.13 Å². The molecule has 0 spiro atoms. The van der Waals surface area contributed by atoms with Crippen molar-refractivity contribution < 1.29 is 0 Å². The van der Waals surface area contributed by atoms with Gasteiger partial charge in [0.15, 0.2) is 5.13 Å². The van der Waals surface area contributed by atoms with Crippen LogP contribution in [-0.4, -0.2) is 14.5 Å². The predicted molar refractivity (Wildman–Crippen MR) is 80.2 cm³/mol. The van der Waals surface area contributed by atoms with Gasteiger partial charge in [-0.1, -0.05) is 17.4 Å². The fourth-order valence-electron chi connectivity index (χ4n) is 2.12. The van der Waals surface area contributed by atoms with Crippen molar-refractivity contribution in [3.05, 3.63) is 30.7 Å². The van der Waals surface area contributed by atoms with E-state index in [-0.39, 0.29) is 5.54 Å². The van der Waals surface area contributed by atoms with Crippen molar-refractivity contribution in [2.75, 3.05) is 5.73 Å². The average molecular weight is 272 g/mol. The molecular formula is C14H16N4S. The molecule has 4 nitrogen and oxygen atoms in total. The zero-order chi connectivity index (χ0) is 13.6. The molecule has 0 fully saturated rings. The Bertz CT molecular complexity index is 733. The molecule has 3 rings (SSSR count). The highest BCUT2D eigenvalue weighted by Crippen LogP contribution is 2.31. The highest BCUT2D eigenvalue weighted by Gasteiger charge is 2.16. The minimum absolute atomic E-state index is 0.0140. The molecule has 0 bridgehead atoms. The van der Waals surface area contributed by atoms with Crippen molar-refractivity contribution in [1.82, 2.24) is 14.5 Å². The lowest BCUT2D eigenvalue weighted by Crippen LogP contribution is -2.20. The number of benzene rings is 1. The molecule has 5 heteroatoms. The number of hydrogen-bond donors (Lipinski definition) is 1. The lowest BCUT2D eigenvalue weighted by molar-refractivity contribution is 0.408. The van der Waals surface area contributed by atoms with Crippen molar-refractivity contribution in [2.24, 2.45) is 0 Å².